The van der Waals surface area contributed by atoms with Crippen molar-refractivity contribution in [3.63, 3.8) is 0 Å². The van der Waals surface area contributed by atoms with Gasteiger partial charge < -0.3 is 10.6 Å². The van der Waals surface area contributed by atoms with Gasteiger partial charge in [-0.1, -0.05) is 6.42 Å². The van der Waals surface area contributed by atoms with Gasteiger partial charge in [0.2, 0.25) is 0 Å². The Kier molecular flexibility index (Phi) is 4.81. The summed E-state index contributed by atoms with van der Waals surface area (Å²) in [6.45, 7) is 5.80. The van der Waals surface area contributed by atoms with Crippen molar-refractivity contribution in [2.45, 2.75) is 32.2 Å². The number of hydrogen-bond donors (Lipinski definition) is 2. The topological polar surface area (TPSA) is 40.2 Å². The quantitative estimate of drug-likeness (QED) is 0.839. The molecule has 2 rings (SSSR count). The number of nitrogens with zero attached hydrogens (tertiary/aromatic N) is 2. The summed E-state index contributed by atoms with van der Waals surface area (Å²) in [6.07, 6.45) is 5.93. The van der Waals surface area contributed by atoms with Crippen LogP contribution in [-0.4, -0.2) is 42.6 Å². The molecule has 1 aromatic rings. The molecule has 0 aromatic carbocycles. The lowest BCUT2D eigenvalue weighted by Gasteiger charge is -2.32. The molecule has 0 bridgehead atoms. The number of rotatable bonds is 5. The van der Waals surface area contributed by atoms with Crippen molar-refractivity contribution in [3.05, 3.63) is 18.3 Å². The highest BCUT2D eigenvalue weighted by Gasteiger charge is 2.16. The summed E-state index contributed by atoms with van der Waals surface area (Å²) in [5, 5.41) is 6.55. The number of piperidine rings is 1. The lowest BCUT2D eigenvalue weighted by Crippen LogP contribution is -2.41. The second kappa shape index (κ2) is 6.59. The Morgan fingerprint density at radius 1 is 1.33 bits per heavy atom. The molecule has 1 aliphatic rings. The molecule has 0 aliphatic carbocycles. The zero-order valence-electron chi connectivity index (χ0n) is 11.4. The van der Waals surface area contributed by atoms with Crippen molar-refractivity contribution >= 4 is 11.5 Å². The standard InChI is InChI=1S/C14H24N4/c1-12(18-8-4-3-5-9-18)11-17-13-6-7-16-14(10-13)15-2/h6-7,10,12H,3-5,8-9,11H2,1-2H3,(H2,15,16,17). The van der Waals surface area contributed by atoms with Crippen LogP contribution in [0.15, 0.2) is 18.3 Å². The minimum absolute atomic E-state index is 0.594. The van der Waals surface area contributed by atoms with Gasteiger partial charge in [-0.2, -0.15) is 0 Å². The van der Waals surface area contributed by atoms with Crippen LogP contribution >= 0.6 is 0 Å². The van der Waals surface area contributed by atoms with Crippen LogP contribution in [0.1, 0.15) is 26.2 Å². The maximum Gasteiger partial charge on any atom is 0.127 e. The fourth-order valence-electron chi connectivity index (χ4n) is 2.43. The highest BCUT2D eigenvalue weighted by atomic mass is 15.2. The number of pyridine rings is 1. The molecule has 2 heterocycles. The lowest BCUT2D eigenvalue weighted by atomic mass is 10.1. The van der Waals surface area contributed by atoms with Gasteiger partial charge in [0.1, 0.15) is 5.82 Å². The molecule has 2 N–H and O–H groups in total. The van der Waals surface area contributed by atoms with Crippen molar-refractivity contribution in [2.24, 2.45) is 0 Å². The van der Waals surface area contributed by atoms with Gasteiger partial charge >= 0.3 is 0 Å². The first-order chi connectivity index (χ1) is 8.79. The Bertz CT molecular complexity index is 361. The van der Waals surface area contributed by atoms with Gasteiger partial charge in [-0.15, -0.1) is 0 Å². The monoisotopic (exact) mass is 248 g/mol. The van der Waals surface area contributed by atoms with Crippen molar-refractivity contribution < 1.29 is 0 Å². The third-order valence-electron chi connectivity index (χ3n) is 3.63. The molecule has 1 atom stereocenters. The third-order valence-corrected chi connectivity index (χ3v) is 3.63. The Hall–Kier alpha value is -1.29. The van der Waals surface area contributed by atoms with E-state index in [0.29, 0.717) is 6.04 Å². The lowest BCUT2D eigenvalue weighted by molar-refractivity contribution is 0.180. The number of aromatic nitrogens is 1. The molecule has 0 saturated carbocycles. The van der Waals surface area contributed by atoms with Crippen LogP contribution < -0.4 is 10.6 Å². The molecule has 1 fully saturated rings. The van der Waals surface area contributed by atoms with Crippen LogP contribution in [0.4, 0.5) is 11.5 Å². The van der Waals surface area contributed by atoms with Crippen LogP contribution in [0.5, 0.6) is 0 Å². The summed E-state index contributed by atoms with van der Waals surface area (Å²) >= 11 is 0. The Balaban J connectivity index is 1.82. The molecular formula is C14H24N4. The summed E-state index contributed by atoms with van der Waals surface area (Å²) < 4.78 is 0. The predicted octanol–water partition coefficient (Wildman–Crippen LogP) is 2.41. The minimum Gasteiger partial charge on any atom is -0.383 e. The third kappa shape index (κ3) is 3.60. The summed E-state index contributed by atoms with van der Waals surface area (Å²) in [7, 11) is 1.89. The van der Waals surface area contributed by atoms with Gasteiger partial charge in [0.05, 0.1) is 0 Å². The van der Waals surface area contributed by atoms with Gasteiger partial charge in [-0.25, -0.2) is 4.98 Å². The molecule has 1 saturated heterocycles. The SMILES string of the molecule is CNc1cc(NCC(C)N2CCCCC2)ccn1. The number of nitrogens with one attached hydrogen (secondary N) is 2. The van der Waals surface area contributed by atoms with Gasteiger partial charge in [0.25, 0.3) is 0 Å². The molecular weight excluding hydrogens is 224 g/mol. The van der Waals surface area contributed by atoms with E-state index < -0.39 is 0 Å². The zero-order chi connectivity index (χ0) is 12.8. The van der Waals surface area contributed by atoms with E-state index in [2.05, 4.69) is 27.4 Å². The highest BCUT2D eigenvalue weighted by molar-refractivity contribution is 5.51. The normalized spacial score (nSPS) is 18.3. The molecule has 4 nitrogen and oxygen atoms in total. The van der Waals surface area contributed by atoms with Crippen molar-refractivity contribution in [1.29, 1.82) is 0 Å². The molecule has 0 radical (unpaired) electrons. The fraction of sp³-hybridized carbons (Fsp3) is 0.643. The molecule has 18 heavy (non-hydrogen) atoms. The maximum atomic E-state index is 4.21. The van der Waals surface area contributed by atoms with E-state index in [1.807, 2.05) is 25.4 Å². The summed E-state index contributed by atoms with van der Waals surface area (Å²) in [5.74, 6) is 0.908. The zero-order valence-corrected chi connectivity index (χ0v) is 11.4. The van der Waals surface area contributed by atoms with Crippen LogP contribution in [0.3, 0.4) is 0 Å². The first-order valence-corrected chi connectivity index (χ1v) is 6.91. The van der Waals surface area contributed by atoms with E-state index in [9.17, 15) is 0 Å². The van der Waals surface area contributed by atoms with Crippen LogP contribution in [-0.2, 0) is 0 Å². The summed E-state index contributed by atoms with van der Waals surface area (Å²) in [5.41, 5.74) is 1.14. The van der Waals surface area contributed by atoms with E-state index in [1.165, 1.54) is 32.4 Å². The van der Waals surface area contributed by atoms with Crippen LogP contribution in [0.2, 0.25) is 0 Å². The summed E-state index contributed by atoms with van der Waals surface area (Å²) in [4.78, 5) is 6.79. The fourth-order valence-corrected chi connectivity index (χ4v) is 2.43. The second-order valence-electron chi connectivity index (χ2n) is 5.01. The van der Waals surface area contributed by atoms with E-state index in [-0.39, 0.29) is 0 Å². The highest BCUT2D eigenvalue weighted by Crippen LogP contribution is 2.14. The second-order valence-corrected chi connectivity index (χ2v) is 5.01. The van der Waals surface area contributed by atoms with Gasteiger partial charge in [-0.05, 0) is 38.9 Å². The smallest absolute Gasteiger partial charge is 0.127 e. The minimum atomic E-state index is 0.594. The Morgan fingerprint density at radius 3 is 2.83 bits per heavy atom. The largest absolute Gasteiger partial charge is 0.383 e. The van der Waals surface area contributed by atoms with Crippen molar-refractivity contribution in [2.75, 3.05) is 37.3 Å². The van der Waals surface area contributed by atoms with E-state index >= 15 is 0 Å². The van der Waals surface area contributed by atoms with Crippen molar-refractivity contribution in [3.8, 4) is 0 Å². The predicted molar refractivity (Wildman–Crippen MR) is 77.2 cm³/mol. The first kappa shape index (κ1) is 13.1. The van der Waals surface area contributed by atoms with E-state index in [0.717, 1.165) is 18.1 Å². The molecule has 1 unspecified atom stereocenters. The number of hydrogen-bond acceptors (Lipinski definition) is 4. The van der Waals surface area contributed by atoms with Gasteiger partial charge in [0, 0.05) is 37.6 Å². The van der Waals surface area contributed by atoms with E-state index in [4.69, 9.17) is 0 Å². The van der Waals surface area contributed by atoms with Gasteiger partial charge in [-0.3, -0.25) is 4.90 Å². The Labute approximate surface area is 110 Å². The molecule has 1 aromatic heterocycles. The molecule has 0 spiro atoms. The van der Waals surface area contributed by atoms with Crippen LogP contribution in [0.25, 0.3) is 0 Å². The maximum absolute atomic E-state index is 4.21. The van der Waals surface area contributed by atoms with Crippen LogP contribution in [0, 0.1) is 0 Å². The molecule has 100 valence electrons. The van der Waals surface area contributed by atoms with E-state index in [1.54, 1.807) is 0 Å². The number of anilines is 2. The molecule has 4 heteroatoms. The van der Waals surface area contributed by atoms with Gasteiger partial charge in [0.15, 0.2) is 0 Å². The molecule has 0 amide bonds. The average molecular weight is 248 g/mol. The number of likely N-dealkylation sites (tertiary alicyclic amines) is 1. The summed E-state index contributed by atoms with van der Waals surface area (Å²) in [6, 6.07) is 4.66. The van der Waals surface area contributed by atoms with Crippen molar-refractivity contribution in [1.82, 2.24) is 9.88 Å². The first-order valence-electron chi connectivity index (χ1n) is 6.91. The average Bonchev–Trinajstić information content (AvgIpc) is 2.46. The molecule has 1 aliphatic heterocycles. The Morgan fingerprint density at radius 2 is 2.11 bits per heavy atom.